The van der Waals surface area contributed by atoms with Crippen LogP contribution in [0.2, 0.25) is 0 Å². The first-order chi connectivity index (χ1) is 10.9. The summed E-state index contributed by atoms with van der Waals surface area (Å²) < 4.78 is 31.6. The number of benzene rings is 1. The molecule has 23 heavy (non-hydrogen) atoms. The molecule has 0 atom stereocenters. The summed E-state index contributed by atoms with van der Waals surface area (Å²) >= 11 is 0. The molecule has 0 unspecified atom stereocenters. The van der Waals surface area contributed by atoms with E-state index in [1.807, 2.05) is 30.3 Å². The van der Waals surface area contributed by atoms with Crippen molar-refractivity contribution in [1.82, 2.24) is 9.46 Å². The maximum absolute atomic E-state index is 12.7. The molecule has 2 heterocycles. The first-order valence-electron chi connectivity index (χ1n) is 7.19. The lowest BCUT2D eigenvalue weighted by Crippen LogP contribution is -2.52. The van der Waals surface area contributed by atoms with Gasteiger partial charge in [0.1, 0.15) is 10.6 Å². The van der Waals surface area contributed by atoms with Gasteiger partial charge in [-0.3, -0.25) is 4.79 Å². The second kappa shape index (κ2) is 5.78. The molecule has 7 nitrogen and oxygen atoms in total. The summed E-state index contributed by atoms with van der Waals surface area (Å²) in [5, 5.41) is 3.68. The predicted molar refractivity (Wildman–Crippen MR) is 83.5 cm³/mol. The molecule has 0 saturated carbocycles. The van der Waals surface area contributed by atoms with E-state index >= 15 is 0 Å². The van der Waals surface area contributed by atoms with Crippen LogP contribution in [0, 0.1) is 13.8 Å². The molecule has 1 fully saturated rings. The van der Waals surface area contributed by atoms with Crippen molar-refractivity contribution in [2.45, 2.75) is 18.7 Å². The third kappa shape index (κ3) is 2.75. The molecule has 0 aliphatic carbocycles. The molecular formula is C15H17N3O4S. The monoisotopic (exact) mass is 335 g/mol. The number of carbonyl (C=O) groups excluding carboxylic acids is 1. The van der Waals surface area contributed by atoms with Gasteiger partial charge in [-0.25, -0.2) is 8.42 Å². The number of hydrogen-bond acceptors (Lipinski definition) is 5. The minimum absolute atomic E-state index is 0.0541. The van der Waals surface area contributed by atoms with E-state index in [0.717, 1.165) is 5.69 Å². The van der Waals surface area contributed by atoms with Crippen molar-refractivity contribution < 1.29 is 17.7 Å². The van der Waals surface area contributed by atoms with Gasteiger partial charge in [0.2, 0.25) is 15.9 Å². The molecule has 2 aromatic rings. The third-order valence-corrected chi connectivity index (χ3v) is 5.91. The number of anilines is 1. The number of sulfonamides is 1. The number of rotatable bonds is 3. The summed E-state index contributed by atoms with van der Waals surface area (Å²) in [5.41, 5.74) is 1.08. The minimum atomic E-state index is -3.79. The molecule has 0 radical (unpaired) electrons. The van der Waals surface area contributed by atoms with E-state index in [-0.39, 0.29) is 29.7 Å². The highest BCUT2D eigenvalue weighted by molar-refractivity contribution is 7.89. The minimum Gasteiger partial charge on any atom is -0.360 e. The molecule has 122 valence electrons. The number of aryl methyl sites for hydroxylation is 2. The Morgan fingerprint density at radius 3 is 2.39 bits per heavy atom. The van der Waals surface area contributed by atoms with Crippen molar-refractivity contribution in [3.8, 4) is 0 Å². The lowest BCUT2D eigenvalue weighted by molar-refractivity contribution is -0.119. The van der Waals surface area contributed by atoms with E-state index in [0.29, 0.717) is 12.2 Å². The van der Waals surface area contributed by atoms with Crippen molar-refractivity contribution in [1.29, 1.82) is 0 Å². The number of piperazine rings is 1. The standard InChI is InChI=1S/C15H17N3O4S/c1-11-15(12(2)22-16-11)23(20,21)17-8-9-18(14(19)10-17)13-6-4-3-5-7-13/h3-7H,8-10H2,1-2H3. The van der Waals surface area contributed by atoms with E-state index < -0.39 is 10.0 Å². The molecule has 1 aliphatic rings. The lowest BCUT2D eigenvalue weighted by atomic mass is 10.2. The second-order valence-electron chi connectivity index (χ2n) is 5.37. The number of nitrogens with zero attached hydrogens (tertiary/aromatic N) is 3. The van der Waals surface area contributed by atoms with Gasteiger partial charge in [-0.15, -0.1) is 0 Å². The van der Waals surface area contributed by atoms with Crippen LogP contribution in [0.3, 0.4) is 0 Å². The Hall–Kier alpha value is -2.19. The fourth-order valence-corrected chi connectivity index (χ4v) is 4.38. The van der Waals surface area contributed by atoms with Gasteiger partial charge in [-0.05, 0) is 26.0 Å². The molecule has 0 N–H and O–H groups in total. The largest absolute Gasteiger partial charge is 0.360 e. The molecule has 3 rings (SSSR count). The third-order valence-electron chi connectivity index (χ3n) is 3.82. The van der Waals surface area contributed by atoms with E-state index in [1.165, 1.54) is 4.31 Å². The zero-order valence-electron chi connectivity index (χ0n) is 12.9. The number of hydrogen-bond donors (Lipinski definition) is 0. The number of aromatic nitrogens is 1. The van der Waals surface area contributed by atoms with Gasteiger partial charge in [0.15, 0.2) is 5.76 Å². The SMILES string of the molecule is Cc1noc(C)c1S(=O)(=O)N1CCN(c2ccccc2)C(=O)C1. The molecule has 0 bridgehead atoms. The number of amides is 1. The summed E-state index contributed by atoms with van der Waals surface area (Å²) in [6.45, 7) is 3.47. The predicted octanol–water partition coefficient (Wildman–Crippen LogP) is 1.33. The van der Waals surface area contributed by atoms with Crippen LogP contribution in [0.1, 0.15) is 11.5 Å². The second-order valence-corrected chi connectivity index (χ2v) is 7.25. The molecule has 1 aromatic heterocycles. The van der Waals surface area contributed by atoms with Crippen LogP contribution in [-0.2, 0) is 14.8 Å². The maximum Gasteiger partial charge on any atom is 0.249 e. The van der Waals surface area contributed by atoms with Crippen LogP contribution >= 0.6 is 0 Å². The van der Waals surface area contributed by atoms with Crippen LogP contribution in [0.15, 0.2) is 39.8 Å². The fourth-order valence-electron chi connectivity index (χ4n) is 2.71. The summed E-state index contributed by atoms with van der Waals surface area (Å²) in [5.74, 6) is -0.0155. The lowest BCUT2D eigenvalue weighted by Gasteiger charge is -2.33. The highest BCUT2D eigenvalue weighted by atomic mass is 32.2. The Morgan fingerprint density at radius 1 is 1.13 bits per heavy atom. The van der Waals surface area contributed by atoms with E-state index in [1.54, 1.807) is 18.7 Å². The average molecular weight is 335 g/mol. The van der Waals surface area contributed by atoms with Gasteiger partial charge in [-0.1, -0.05) is 23.4 Å². The molecule has 1 amide bonds. The first kappa shape index (κ1) is 15.7. The Labute approximate surface area is 134 Å². The van der Waals surface area contributed by atoms with Gasteiger partial charge in [0.05, 0.1) is 6.54 Å². The van der Waals surface area contributed by atoms with Crippen LogP contribution in [0.25, 0.3) is 0 Å². The van der Waals surface area contributed by atoms with Gasteiger partial charge >= 0.3 is 0 Å². The molecule has 1 saturated heterocycles. The first-order valence-corrected chi connectivity index (χ1v) is 8.63. The zero-order chi connectivity index (χ0) is 16.6. The molecule has 1 aliphatic heterocycles. The van der Waals surface area contributed by atoms with Crippen LogP contribution in [-0.4, -0.2) is 43.4 Å². The summed E-state index contributed by atoms with van der Waals surface area (Å²) in [6.07, 6.45) is 0. The number of para-hydroxylation sites is 1. The van der Waals surface area contributed by atoms with Crippen molar-refractivity contribution in [2.75, 3.05) is 24.5 Å². The van der Waals surface area contributed by atoms with Crippen LogP contribution in [0.5, 0.6) is 0 Å². The summed E-state index contributed by atoms with van der Waals surface area (Å²) in [7, 11) is -3.79. The highest BCUT2D eigenvalue weighted by Gasteiger charge is 2.36. The van der Waals surface area contributed by atoms with Gasteiger partial charge < -0.3 is 9.42 Å². The zero-order valence-corrected chi connectivity index (χ0v) is 13.7. The van der Waals surface area contributed by atoms with Crippen LogP contribution < -0.4 is 4.90 Å². The number of carbonyl (C=O) groups is 1. The average Bonchev–Trinajstić information content (AvgIpc) is 2.87. The Kier molecular flexibility index (Phi) is 3.95. The fraction of sp³-hybridized carbons (Fsp3) is 0.333. The molecular weight excluding hydrogens is 318 g/mol. The summed E-state index contributed by atoms with van der Waals surface area (Å²) in [6, 6.07) is 9.21. The van der Waals surface area contributed by atoms with Gasteiger partial charge in [0.25, 0.3) is 0 Å². The van der Waals surface area contributed by atoms with Crippen molar-refractivity contribution >= 4 is 21.6 Å². The van der Waals surface area contributed by atoms with Gasteiger partial charge in [-0.2, -0.15) is 4.31 Å². The molecule has 8 heteroatoms. The Bertz CT molecular complexity index is 810. The Morgan fingerprint density at radius 2 is 1.83 bits per heavy atom. The van der Waals surface area contributed by atoms with Crippen LogP contribution in [0.4, 0.5) is 5.69 Å². The highest BCUT2D eigenvalue weighted by Crippen LogP contribution is 2.25. The van der Waals surface area contributed by atoms with Gasteiger partial charge in [0, 0.05) is 18.8 Å². The van der Waals surface area contributed by atoms with Crippen molar-refractivity contribution in [2.24, 2.45) is 0 Å². The Balaban J connectivity index is 1.84. The summed E-state index contributed by atoms with van der Waals surface area (Å²) in [4.78, 5) is 14.0. The molecule has 1 aromatic carbocycles. The van der Waals surface area contributed by atoms with Crippen molar-refractivity contribution in [3.63, 3.8) is 0 Å². The van der Waals surface area contributed by atoms with E-state index in [2.05, 4.69) is 5.16 Å². The quantitative estimate of drug-likeness (QED) is 0.845. The maximum atomic E-state index is 12.7. The smallest absolute Gasteiger partial charge is 0.249 e. The molecule has 0 spiro atoms. The topological polar surface area (TPSA) is 83.7 Å². The van der Waals surface area contributed by atoms with E-state index in [9.17, 15) is 13.2 Å². The van der Waals surface area contributed by atoms with E-state index in [4.69, 9.17) is 4.52 Å². The van der Waals surface area contributed by atoms with Crippen molar-refractivity contribution in [3.05, 3.63) is 41.8 Å². The normalized spacial score (nSPS) is 16.8.